The van der Waals surface area contributed by atoms with Crippen LogP contribution in [-0.4, -0.2) is 38.9 Å². The molecular formula is C13H17N5O3. The molecule has 0 saturated heterocycles. The molecule has 0 aliphatic carbocycles. The van der Waals surface area contributed by atoms with Crippen LogP contribution in [0.25, 0.3) is 0 Å². The van der Waals surface area contributed by atoms with E-state index in [-0.39, 0.29) is 24.3 Å². The first-order valence-corrected chi connectivity index (χ1v) is 6.62. The molecule has 0 bridgehead atoms. The van der Waals surface area contributed by atoms with E-state index in [9.17, 15) is 4.79 Å². The molecule has 2 rings (SSSR count). The molecule has 0 radical (unpaired) electrons. The Hall–Kier alpha value is -2.64. The van der Waals surface area contributed by atoms with Crippen LogP contribution in [0, 0.1) is 0 Å². The van der Waals surface area contributed by atoms with E-state index in [1.54, 1.807) is 18.5 Å². The number of amides is 1. The molecule has 1 amide bonds. The van der Waals surface area contributed by atoms with Gasteiger partial charge in [0.25, 0.3) is 0 Å². The Kier molecular flexibility index (Phi) is 5.08. The number of hydrogen-bond acceptors (Lipinski definition) is 6. The predicted molar refractivity (Wildman–Crippen MR) is 75.2 cm³/mol. The van der Waals surface area contributed by atoms with Gasteiger partial charge in [0.1, 0.15) is 12.2 Å². The third kappa shape index (κ3) is 4.16. The van der Waals surface area contributed by atoms with Crippen molar-refractivity contribution in [2.24, 2.45) is 0 Å². The molecule has 2 aromatic rings. The van der Waals surface area contributed by atoms with Gasteiger partial charge in [0.2, 0.25) is 11.8 Å². The van der Waals surface area contributed by atoms with Gasteiger partial charge in [-0.1, -0.05) is 0 Å². The zero-order valence-electron chi connectivity index (χ0n) is 11.9. The van der Waals surface area contributed by atoms with Crippen LogP contribution >= 0.6 is 0 Å². The molecular weight excluding hydrogens is 274 g/mol. The summed E-state index contributed by atoms with van der Waals surface area (Å²) in [7, 11) is 0. The fourth-order valence-electron chi connectivity index (χ4n) is 1.61. The molecule has 0 spiro atoms. The maximum Gasteiger partial charge on any atom is 0.319 e. The van der Waals surface area contributed by atoms with E-state index in [0.29, 0.717) is 18.9 Å². The lowest BCUT2D eigenvalue weighted by Crippen LogP contribution is -2.20. The van der Waals surface area contributed by atoms with Gasteiger partial charge in [0.05, 0.1) is 19.4 Å². The highest BCUT2D eigenvalue weighted by Crippen LogP contribution is 2.23. The summed E-state index contributed by atoms with van der Waals surface area (Å²) in [5, 5.41) is 6.67. The van der Waals surface area contributed by atoms with Gasteiger partial charge in [-0.25, -0.2) is 4.98 Å². The smallest absolute Gasteiger partial charge is 0.319 e. The van der Waals surface area contributed by atoms with Crippen LogP contribution in [-0.2, 0) is 11.3 Å². The molecule has 0 saturated carbocycles. The molecule has 8 heteroatoms. The van der Waals surface area contributed by atoms with Crippen molar-refractivity contribution in [1.29, 1.82) is 0 Å². The first-order chi connectivity index (χ1) is 10.2. The normalized spacial score (nSPS) is 10.2. The maximum absolute atomic E-state index is 11.9. The fraction of sp³-hybridized carbons (Fsp3) is 0.385. The molecule has 21 heavy (non-hydrogen) atoms. The number of rotatable bonds is 7. The first-order valence-electron chi connectivity index (χ1n) is 6.62. The average Bonchev–Trinajstić information content (AvgIpc) is 2.95. The number of ether oxygens (including phenoxy) is 2. The summed E-state index contributed by atoms with van der Waals surface area (Å²) in [6, 6.07) is 1.96. The summed E-state index contributed by atoms with van der Waals surface area (Å²) in [5.74, 6) is 0.0391. The van der Waals surface area contributed by atoms with Crippen molar-refractivity contribution in [2.45, 2.75) is 20.4 Å². The third-order valence-corrected chi connectivity index (χ3v) is 2.43. The van der Waals surface area contributed by atoms with Crippen LogP contribution in [0.3, 0.4) is 0 Å². The molecule has 112 valence electrons. The van der Waals surface area contributed by atoms with E-state index in [1.165, 1.54) is 10.9 Å². The van der Waals surface area contributed by atoms with Crippen LogP contribution in [0.15, 0.2) is 24.7 Å². The Morgan fingerprint density at radius 3 is 2.81 bits per heavy atom. The second-order valence-corrected chi connectivity index (χ2v) is 3.99. The van der Waals surface area contributed by atoms with Gasteiger partial charge in [0, 0.05) is 12.4 Å². The number of aromatic nitrogens is 4. The van der Waals surface area contributed by atoms with Gasteiger partial charge >= 0.3 is 6.01 Å². The van der Waals surface area contributed by atoms with E-state index in [1.807, 2.05) is 13.8 Å². The zero-order valence-corrected chi connectivity index (χ0v) is 11.9. The standard InChI is InChI=1S/C13H17N5O3/c1-3-20-12-10(8-14-13(17-12)21-4-2)16-11(19)9-18-7-5-6-15-18/h5-8H,3-4,9H2,1-2H3,(H,16,19). The highest BCUT2D eigenvalue weighted by molar-refractivity contribution is 5.91. The van der Waals surface area contributed by atoms with Gasteiger partial charge in [-0.3, -0.25) is 9.48 Å². The van der Waals surface area contributed by atoms with Gasteiger partial charge in [0.15, 0.2) is 0 Å². The Labute approximate surface area is 122 Å². The molecule has 0 unspecified atom stereocenters. The number of anilines is 1. The second-order valence-electron chi connectivity index (χ2n) is 3.99. The van der Waals surface area contributed by atoms with Crippen LogP contribution in [0.5, 0.6) is 11.9 Å². The molecule has 1 N–H and O–H groups in total. The van der Waals surface area contributed by atoms with Crippen LogP contribution in [0.4, 0.5) is 5.69 Å². The van der Waals surface area contributed by atoms with Crippen molar-refractivity contribution >= 4 is 11.6 Å². The minimum atomic E-state index is -0.243. The van der Waals surface area contributed by atoms with Crippen LogP contribution in [0.2, 0.25) is 0 Å². The van der Waals surface area contributed by atoms with Crippen LogP contribution < -0.4 is 14.8 Å². The van der Waals surface area contributed by atoms with Gasteiger partial charge in [-0.2, -0.15) is 10.1 Å². The van der Waals surface area contributed by atoms with E-state index in [2.05, 4.69) is 20.4 Å². The summed E-state index contributed by atoms with van der Waals surface area (Å²) in [5.41, 5.74) is 0.400. The number of nitrogens with zero attached hydrogens (tertiary/aromatic N) is 4. The Balaban J connectivity index is 2.08. The topological polar surface area (TPSA) is 91.2 Å². The van der Waals surface area contributed by atoms with E-state index < -0.39 is 0 Å². The molecule has 2 heterocycles. The lowest BCUT2D eigenvalue weighted by Gasteiger charge is -2.11. The molecule has 0 fully saturated rings. The Morgan fingerprint density at radius 1 is 1.33 bits per heavy atom. The van der Waals surface area contributed by atoms with Gasteiger partial charge in [-0.05, 0) is 19.9 Å². The Bertz CT molecular complexity index is 585. The molecule has 2 aromatic heterocycles. The van der Waals surface area contributed by atoms with Crippen molar-refractivity contribution in [3.63, 3.8) is 0 Å². The third-order valence-electron chi connectivity index (χ3n) is 2.43. The fourth-order valence-corrected chi connectivity index (χ4v) is 1.61. The molecule has 0 aromatic carbocycles. The average molecular weight is 291 g/mol. The Morgan fingerprint density at radius 2 is 2.14 bits per heavy atom. The molecule has 0 aliphatic heterocycles. The summed E-state index contributed by atoms with van der Waals surface area (Å²) >= 11 is 0. The maximum atomic E-state index is 11.9. The summed E-state index contributed by atoms with van der Waals surface area (Å²) in [4.78, 5) is 20.1. The van der Waals surface area contributed by atoms with Crippen molar-refractivity contribution in [3.05, 3.63) is 24.7 Å². The highest BCUT2D eigenvalue weighted by Gasteiger charge is 2.12. The second kappa shape index (κ2) is 7.22. The summed E-state index contributed by atoms with van der Waals surface area (Å²) < 4.78 is 12.1. The summed E-state index contributed by atoms with van der Waals surface area (Å²) in [6.07, 6.45) is 4.78. The minimum absolute atomic E-state index is 0.103. The van der Waals surface area contributed by atoms with Crippen molar-refractivity contribution in [2.75, 3.05) is 18.5 Å². The largest absolute Gasteiger partial charge is 0.476 e. The van der Waals surface area contributed by atoms with E-state index >= 15 is 0 Å². The van der Waals surface area contributed by atoms with Gasteiger partial charge < -0.3 is 14.8 Å². The minimum Gasteiger partial charge on any atom is -0.476 e. The molecule has 0 aliphatic rings. The first kappa shape index (κ1) is 14.8. The number of carbonyl (C=O) groups is 1. The highest BCUT2D eigenvalue weighted by atomic mass is 16.5. The van der Waals surface area contributed by atoms with Crippen molar-refractivity contribution in [1.82, 2.24) is 19.7 Å². The van der Waals surface area contributed by atoms with E-state index in [4.69, 9.17) is 9.47 Å². The van der Waals surface area contributed by atoms with Crippen molar-refractivity contribution < 1.29 is 14.3 Å². The van der Waals surface area contributed by atoms with E-state index in [0.717, 1.165) is 0 Å². The SMILES string of the molecule is CCOc1ncc(NC(=O)Cn2cccn2)c(OCC)n1. The summed E-state index contributed by atoms with van der Waals surface area (Å²) in [6.45, 7) is 4.65. The van der Waals surface area contributed by atoms with Crippen LogP contribution in [0.1, 0.15) is 13.8 Å². The van der Waals surface area contributed by atoms with Crippen molar-refractivity contribution in [3.8, 4) is 11.9 Å². The molecule has 8 nitrogen and oxygen atoms in total. The lowest BCUT2D eigenvalue weighted by atomic mass is 10.4. The van der Waals surface area contributed by atoms with Gasteiger partial charge in [-0.15, -0.1) is 0 Å². The quantitative estimate of drug-likeness (QED) is 0.821. The monoisotopic (exact) mass is 291 g/mol. The lowest BCUT2D eigenvalue weighted by molar-refractivity contribution is -0.116. The number of carbonyl (C=O) groups excluding carboxylic acids is 1. The predicted octanol–water partition coefficient (Wildman–Crippen LogP) is 1.11. The number of hydrogen-bond donors (Lipinski definition) is 1. The number of nitrogens with one attached hydrogen (secondary N) is 1. The molecule has 0 atom stereocenters. The zero-order chi connectivity index (χ0) is 15.1.